The van der Waals surface area contributed by atoms with E-state index in [-0.39, 0.29) is 23.5 Å². The molecule has 0 aliphatic heterocycles. The van der Waals surface area contributed by atoms with Crippen molar-refractivity contribution >= 4 is 17.3 Å². The molecule has 1 aromatic carbocycles. The molecule has 0 saturated heterocycles. The van der Waals surface area contributed by atoms with Crippen LogP contribution in [0.3, 0.4) is 0 Å². The van der Waals surface area contributed by atoms with Crippen LogP contribution in [0.25, 0.3) is 0 Å². The van der Waals surface area contributed by atoms with Gasteiger partial charge in [0.05, 0.1) is 17.7 Å². The Morgan fingerprint density at radius 3 is 2.90 bits per heavy atom. The Bertz CT molecular complexity index is 641. The summed E-state index contributed by atoms with van der Waals surface area (Å²) in [5.74, 6) is 4.66. The lowest BCUT2D eigenvalue weighted by Crippen LogP contribution is -2.28. The molecule has 110 valence electrons. The molecule has 0 radical (unpaired) electrons. The van der Waals surface area contributed by atoms with E-state index >= 15 is 0 Å². The van der Waals surface area contributed by atoms with Gasteiger partial charge in [-0.3, -0.25) is 25.4 Å². The molecule has 0 atom stereocenters. The second-order valence-corrected chi connectivity index (χ2v) is 4.03. The third-order valence-electron chi connectivity index (χ3n) is 2.72. The lowest BCUT2D eigenvalue weighted by Gasteiger charge is -2.08. The molecule has 0 unspecified atom stereocenters. The Morgan fingerprint density at radius 1 is 1.48 bits per heavy atom. The first-order valence-corrected chi connectivity index (χ1v) is 6.00. The van der Waals surface area contributed by atoms with Gasteiger partial charge in [0.1, 0.15) is 11.3 Å². The molecular formula is C11H13N7O3. The van der Waals surface area contributed by atoms with Crippen molar-refractivity contribution in [3.8, 4) is 0 Å². The second-order valence-electron chi connectivity index (χ2n) is 4.03. The molecule has 1 amide bonds. The van der Waals surface area contributed by atoms with E-state index < -0.39 is 10.8 Å². The summed E-state index contributed by atoms with van der Waals surface area (Å²) in [4.78, 5) is 22.5. The average molecular weight is 291 g/mol. The number of nitrogens with zero attached hydrogens (tertiary/aromatic N) is 4. The quantitative estimate of drug-likeness (QED) is 0.383. The number of aromatic nitrogens is 3. The fourth-order valence-electron chi connectivity index (χ4n) is 1.77. The molecule has 10 heteroatoms. The number of nitrogens with two attached hydrogens (primary N) is 1. The van der Waals surface area contributed by atoms with Gasteiger partial charge in [-0.1, -0.05) is 11.3 Å². The number of rotatable bonds is 6. The van der Waals surface area contributed by atoms with Crippen LogP contribution in [0.15, 0.2) is 30.6 Å². The number of para-hydroxylation sites is 1. The molecule has 0 spiro atoms. The Kier molecular flexibility index (Phi) is 4.41. The first kappa shape index (κ1) is 14.4. The summed E-state index contributed by atoms with van der Waals surface area (Å²) in [6.07, 6.45) is 3.16. The van der Waals surface area contributed by atoms with Crippen LogP contribution in [0.2, 0.25) is 0 Å². The summed E-state index contributed by atoms with van der Waals surface area (Å²) in [5, 5.41) is 21.0. The number of carbonyl (C=O) groups excluding carboxylic acids is 1. The number of nitro benzene ring substituents is 1. The van der Waals surface area contributed by atoms with E-state index in [0.29, 0.717) is 6.54 Å². The van der Waals surface area contributed by atoms with E-state index in [2.05, 4.69) is 21.1 Å². The zero-order valence-electron chi connectivity index (χ0n) is 10.9. The number of nitro groups is 1. The van der Waals surface area contributed by atoms with Crippen LogP contribution in [-0.4, -0.2) is 32.4 Å². The number of hydrogen-bond donors (Lipinski definition) is 3. The highest BCUT2D eigenvalue weighted by molar-refractivity contribution is 6.00. The predicted octanol–water partition coefficient (Wildman–Crippen LogP) is -0.0981. The van der Waals surface area contributed by atoms with Crippen LogP contribution >= 0.6 is 0 Å². The summed E-state index contributed by atoms with van der Waals surface area (Å²) in [6, 6.07) is 4.29. The zero-order valence-corrected chi connectivity index (χ0v) is 10.9. The van der Waals surface area contributed by atoms with Crippen molar-refractivity contribution in [2.45, 2.75) is 6.54 Å². The molecule has 0 saturated carbocycles. The maximum absolute atomic E-state index is 12.0. The monoisotopic (exact) mass is 291 g/mol. The predicted molar refractivity (Wildman–Crippen MR) is 73.3 cm³/mol. The summed E-state index contributed by atoms with van der Waals surface area (Å²) in [7, 11) is 0. The average Bonchev–Trinajstić information content (AvgIpc) is 2.99. The van der Waals surface area contributed by atoms with Gasteiger partial charge in [-0.25, -0.2) is 0 Å². The first-order chi connectivity index (χ1) is 10.1. The highest BCUT2D eigenvalue weighted by Crippen LogP contribution is 2.27. The van der Waals surface area contributed by atoms with Crippen molar-refractivity contribution in [2.24, 2.45) is 5.84 Å². The summed E-state index contributed by atoms with van der Waals surface area (Å²) in [6.45, 7) is 0.675. The van der Waals surface area contributed by atoms with Gasteiger partial charge in [0, 0.05) is 12.7 Å². The topological polar surface area (TPSA) is 141 Å². The summed E-state index contributed by atoms with van der Waals surface area (Å²) in [5.41, 5.74) is 1.86. The maximum atomic E-state index is 12.0. The van der Waals surface area contributed by atoms with Crippen LogP contribution in [0.1, 0.15) is 10.4 Å². The van der Waals surface area contributed by atoms with E-state index in [1.54, 1.807) is 6.20 Å². The molecule has 1 aromatic heterocycles. The molecule has 21 heavy (non-hydrogen) atoms. The Labute approximate surface area is 119 Å². The van der Waals surface area contributed by atoms with Gasteiger partial charge in [0.25, 0.3) is 5.91 Å². The maximum Gasteiger partial charge on any atom is 0.306 e. The van der Waals surface area contributed by atoms with Gasteiger partial charge >= 0.3 is 5.69 Å². The highest BCUT2D eigenvalue weighted by Gasteiger charge is 2.23. The summed E-state index contributed by atoms with van der Waals surface area (Å²) < 4.78 is 1.53. The van der Waals surface area contributed by atoms with Crippen LogP contribution in [0, 0.1) is 10.1 Å². The van der Waals surface area contributed by atoms with Crippen LogP contribution in [-0.2, 0) is 6.54 Å². The van der Waals surface area contributed by atoms with Gasteiger partial charge in [-0.15, -0.1) is 5.10 Å². The number of amides is 1. The zero-order chi connectivity index (χ0) is 15.2. The third-order valence-corrected chi connectivity index (χ3v) is 2.72. The number of carbonyl (C=O) groups is 1. The molecule has 0 bridgehead atoms. The van der Waals surface area contributed by atoms with Crippen molar-refractivity contribution in [3.05, 3.63) is 46.3 Å². The number of benzene rings is 1. The highest BCUT2D eigenvalue weighted by atomic mass is 16.6. The number of anilines is 1. The normalized spacial score (nSPS) is 10.1. The van der Waals surface area contributed by atoms with Gasteiger partial charge in [-0.2, -0.15) is 0 Å². The number of nitrogen functional groups attached to an aromatic ring is 1. The standard InChI is InChI=1S/C11H13N7O3/c12-15-9-3-1-2-8(10(9)18(20)21)11(19)13-4-6-17-7-5-14-16-17/h1-3,5,7,15H,4,6,12H2,(H,13,19). The van der Waals surface area contributed by atoms with Crippen molar-refractivity contribution in [2.75, 3.05) is 12.0 Å². The molecule has 0 aliphatic carbocycles. The molecule has 0 aliphatic rings. The van der Waals surface area contributed by atoms with Gasteiger partial charge in [0.2, 0.25) is 0 Å². The van der Waals surface area contributed by atoms with Gasteiger partial charge < -0.3 is 10.7 Å². The minimum absolute atomic E-state index is 0.0611. The minimum atomic E-state index is -0.651. The molecule has 4 N–H and O–H groups in total. The van der Waals surface area contributed by atoms with Crippen molar-refractivity contribution in [1.29, 1.82) is 0 Å². The minimum Gasteiger partial charge on any atom is -0.350 e. The van der Waals surface area contributed by atoms with E-state index in [9.17, 15) is 14.9 Å². The van der Waals surface area contributed by atoms with Gasteiger partial charge in [0.15, 0.2) is 0 Å². The Morgan fingerprint density at radius 2 is 2.29 bits per heavy atom. The Hall–Kier alpha value is -3.01. The fourth-order valence-corrected chi connectivity index (χ4v) is 1.77. The van der Waals surface area contributed by atoms with Crippen LogP contribution in [0.4, 0.5) is 11.4 Å². The Balaban J connectivity index is 2.10. The van der Waals surface area contributed by atoms with Crippen molar-refractivity contribution < 1.29 is 9.72 Å². The number of hydrogen-bond acceptors (Lipinski definition) is 7. The SMILES string of the molecule is NNc1cccc(C(=O)NCCn2ccnn2)c1[N+](=O)[O-]. The van der Waals surface area contributed by atoms with Crippen LogP contribution in [0.5, 0.6) is 0 Å². The van der Waals surface area contributed by atoms with E-state index in [0.717, 1.165) is 0 Å². The number of hydrazine groups is 1. The lowest BCUT2D eigenvalue weighted by atomic mass is 10.1. The lowest BCUT2D eigenvalue weighted by molar-refractivity contribution is -0.384. The molecule has 10 nitrogen and oxygen atoms in total. The van der Waals surface area contributed by atoms with Crippen LogP contribution < -0.4 is 16.6 Å². The molecular weight excluding hydrogens is 278 g/mol. The van der Waals surface area contributed by atoms with E-state index in [1.807, 2.05) is 0 Å². The molecule has 2 rings (SSSR count). The molecule has 2 aromatic rings. The van der Waals surface area contributed by atoms with Crippen molar-refractivity contribution in [3.63, 3.8) is 0 Å². The fraction of sp³-hybridized carbons (Fsp3) is 0.182. The van der Waals surface area contributed by atoms with E-state index in [1.165, 1.54) is 29.1 Å². The molecule has 0 fully saturated rings. The smallest absolute Gasteiger partial charge is 0.306 e. The van der Waals surface area contributed by atoms with Gasteiger partial charge in [-0.05, 0) is 12.1 Å². The largest absolute Gasteiger partial charge is 0.350 e. The third kappa shape index (κ3) is 3.30. The molecule has 1 heterocycles. The summed E-state index contributed by atoms with van der Waals surface area (Å²) >= 11 is 0. The van der Waals surface area contributed by atoms with E-state index in [4.69, 9.17) is 5.84 Å². The second kappa shape index (κ2) is 6.43. The van der Waals surface area contributed by atoms with Crippen molar-refractivity contribution in [1.82, 2.24) is 20.3 Å². The number of nitrogens with one attached hydrogen (secondary N) is 2. The first-order valence-electron chi connectivity index (χ1n) is 6.00.